The molecule has 0 aliphatic rings. The Hall–Kier alpha value is -3.52. The molecule has 1 N–H and O–H groups in total. The molecule has 0 radical (unpaired) electrons. The van der Waals surface area contributed by atoms with E-state index in [9.17, 15) is 9.18 Å². The minimum absolute atomic E-state index is 0.194. The summed E-state index contributed by atoms with van der Waals surface area (Å²) in [6, 6.07) is 10.3. The van der Waals surface area contributed by atoms with Gasteiger partial charge in [0, 0.05) is 24.0 Å². The summed E-state index contributed by atoms with van der Waals surface area (Å²) in [6.07, 6.45) is 3.26. The van der Waals surface area contributed by atoms with Crippen LogP contribution < -0.4 is 10.1 Å². The van der Waals surface area contributed by atoms with Gasteiger partial charge >= 0.3 is 0 Å². The largest absolute Gasteiger partial charge is 0.497 e. The van der Waals surface area contributed by atoms with Crippen molar-refractivity contribution >= 4 is 31.1 Å². The van der Waals surface area contributed by atoms with Crippen molar-refractivity contribution in [1.29, 1.82) is 0 Å². The summed E-state index contributed by atoms with van der Waals surface area (Å²) in [5.74, 6) is 0.294. The van der Waals surface area contributed by atoms with Crippen LogP contribution in [0.2, 0.25) is 5.02 Å². The highest BCUT2D eigenvalue weighted by Gasteiger charge is 2.08. The zero-order valence-electron chi connectivity index (χ0n) is 17.8. The molecule has 3 rings (SSSR count). The minimum Gasteiger partial charge on any atom is -0.497 e. The summed E-state index contributed by atoms with van der Waals surface area (Å²) in [4.78, 5) is 31.4. The molecular formula is C22H25ClFN3O4. The standard InChI is InChI=1S/C12H12ClN3O.C8H9FO.2CH2O/c1-8-3-9(13)5-10(4-8)16-6-11(15-7-16)12(17)14-2;1-6-5-7(10-2)3-4-8(6)9;2*1-2/h3-7H,1-2H3,(H,14,17);3-5H,1-2H3;2*1H2. The van der Waals surface area contributed by atoms with Crippen LogP contribution in [0.1, 0.15) is 21.6 Å². The molecular weight excluding hydrogens is 425 g/mol. The van der Waals surface area contributed by atoms with E-state index in [-0.39, 0.29) is 11.7 Å². The van der Waals surface area contributed by atoms with Gasteiger partial charge in [0.15, 0.2) is 0 Å². The highest BCUT2D eigenvalue weighted by atomic mass is 35.5. The van der Waals surface area contributed by atoms with Crippen molar-refractivity contribution in [2.75, 3.05) is 14.2 Å². The van der Waals surface area contributed by atoms with Gasteiger partial charge in [-0.2, -0.15) is 0 Å². The Morgan fingerprint density at radius 3 is 2.29 bits per heavy atom. The van der Waals surface area contributed by atoms with Crippen molar-refractivity contribution < 1.29 is 23.5 Å². The zero-order chi connectivity index (χ0) is 24.0. The summed E-state index contributed by atoms with van der Waals surface area (Å²) < 4.78 is 19.2. The van der Waals surface area contributed by atoms with Crippen LogP contribution >= 0.6 is 11.6 Å². The molecule has 0 saturated carbocycles. The van der Waals surface area contributed by atoms with Crippen molar-refractivity contribution in [2.24, 2.45) is 0 Å². The van der Waals surface area contributed by atoms with E-state index in [1.54, 1.807) is 50.3 Å². The first-order chi connectivity index (χ1) is 14.8. The maximum absolute atomic E-state index is 12.6. The second-order valence-corrected chi connectivity index (χ2v) is 6.28. The van der Waals surface area contributed by atoms with Crippen molar-refractivity contribution in [1.82, 2.24) is 14.9 Å². The van der Waals surface area contributed by atoms with Gasteiger partial charge in [0.1, 0.15) is 37.2 Å². The van der Waals surface area contributed by atoms with Gasteiger partial charge in [-0.1, -0.05) is 11.6 Å². The van der Waals surface area contributed by atoms with Crippen molar-refractivity contribution in [3.63, 3.8) is 0 Å². The summed E-state index contributed by atoms with van der Waals surface area (Å²) in [5.41, 5.74) is 2.94. The summed E-state index contributed by atoms with van der Waals surface area (Å²) >= 11 is 5.98. The van der Waals surface area contributed by atoms with Crippen LogP contribution in [0.15, 0.2) is 48.9 Å². The Bertz CT molecular complexity index is 957. The number of nitrogens with zero attached hydrogens (tertiary/aromatic N) is 2. The molecule has 0 atom stereocenters. The molecule has 31 heavy (non-hydrogen) atoms. The maximum atomic E-state index is 12.6. The van der Waals surface area contributed by atoms with Crippen LogP contribution in [-0.2, 0) is 9.59 Å². The van der Waals surface area contributed by atoms with Crippen molar-refractivity contribution in [3.05, 3.63) is 76.6 Å². The fourth-order valence-corrected chi connectivity index (χ4v) is 2.60. The molecule has 0 aliphatic carbocycles. The number of hydrogen-bond acceptors (Lipinski definition) is 5. The number of ether oxygens (including phenoxy) is 1. The van der Waals surface area contributed by atoms with E-state index in [0.29, 0.717) is 22.0 Å². The first-order valence-electron chi connectivity index (χ1n) is 8.75. The van der Waals surface area contributed by atoms with E-state index in [1.807, 2.05) is 38.7 Å². The lowest BCUT2D eigenvalue weighted by molar-refractivity contribution is -0.0987. The molecule has 1 heterocycles. The topological polar surface area (TPSA) is 90.3 Å². The van der Waals surface area contributed by atoms with Crippen LogP contribution in [0.4, 0.5) is 4.39 Å². The van der Waals surface area contributed by atoms with Crippen LogP contribution in [-0.4, -0.2) is 43.2 Å². The molecule has 7 nitrogen and oxygen atoms in total. The van der Waals surface area contributed by atoms with E-state index in [2.05, 4.69) is 10.3 Å². The fraction of sp³-hybridized carbons (Fsp3) is 0.182. The monoisotopic (exact) mass is 449 g/mol. The number of benzene rings is 2. The SMILES string of the molecule is C=O.C=O.CNC(=O)c1cn(-c2cc(C)cc(Cl)c2)cn1.COc1ccc(F)c(C)c1. The fourth-order valence-electron chi connectivity index (χ4n) is 2.32. The lowest BCUT2D eigenvalue weighted by Gasteiger charge is -2.04. The Morgan fingerprint density at radius 1 is 1.13 bits per heavy atom. The number of halogens is 2. The average molecular weight is 450 g/mol. The number of amides is 1. The summed E-state index contributed by atoms with van der Waals surface area (Å²) in [6.45, 7) is 7.67. The number of hydrogen-bond donors (Lipinski definition) is 1. The predicted octanol–water partition coefficient (Wildman–Crippen LogP) is 3.97. The second-order valence-electron chi connectivity index (χ2n) is 5.85. The van der Waals surface area contributed by atoms with Gasteiger partial charge in [-0.15, -0.1) is 0 Å². The Morgan fingerprint density at radius 2 is 1.77 bits per heavy atom. The van der Waals surface area contributed by atoms with Crippen LogP contribution in [0.5, 0.6) is 5.75 Å². The quantitative estimate of drug-likeness (QED) is 0.653. The van der Waals surface area contributed by atoms with E-state index in [0.717, 1.165) is 11.3 Å². The number of rotatable bonds is 3. The molecule has 1 aromatic heterocycles. The number of nitrogens with one attached hydrogen (secondary N) is 1. The van der Waals surface area contributed by atoms with Crippen LogP contribution in [0, 0.1) is 19.7 Å². The molecule has 0 fully saturated rings. The molecule has 9 heteroatoms. The smallest absolute Gasteiger partial charge is 0.271 e. The number of methoxy groups -OCH3 is 1. The molecule has 0 aliphatic heterocycles. The second kappa shape index (κ2) is 14.5. The highest BCUT2D eigenvalue weighted by molar-refractivity contribution is 6.30. The maximum Gasteiger partial charge on any atom is 0.271 e. The van der Waals surface area contributed by atoms with Gasteiger partial charge in [0.2, 0.25) is 0 Å². The van der Waals surface area contributed by atoms with E-state index in [4.69, 9.17) is 25.9 Å². The number of aromatic nitrogens is 2. The van der Waals surface area contributed by atoms with Gasteiger partial charge in [-0.3, -0.25) is 4.79 Å². The van der Waals surface area contributed by atoms with E-state index < -0.39 is 0 Å². The van der Waals surface area contributed by atoms with Gasteiger partial charge in [0.05, 0.1) is 7.11 Å². The summed E-state index contributed by atoms with van der Waals surface area (Å²) in [7, 11) is 3.14. The lowest BCUT2D eigenvalue weighted by Crippen LogP contribution is -2.17. The number of carbonyl (C=O) groups is 3. The third-order valence-electron chi connectivity index (χ3n) is 3.73. The predicted molar refractivity (Wildman–Crippen MR) is 119 cm³/mol. The lowest BCUT2D eigenvalue weighted by atomic mass is 10.2. The Kier molecular flexibility index (Phi) is 12.8. The number of aryl methyl sites for hydroxylation is 2. The molecule has 0 unspecified atom stereocenters. The molecule has 1 amide bonds. The molecule has 2 aromatic carbocycles. The Labute approximate surface area is 185 Å². The first-order valence-corrected chi connectivity index (χ1v) is 9.13. The third-order valence-corrected chi connectivity index (χ3v) is 3.95. The van der Waals surface area contributed by atoms with Gasteiger partial charge in [-0.05, 0) is 61.4 Å². The Balaban J connectivity index is 0.000000549. The molecule has 166 valence electrons. The first kappa shape index (κ1) is 27.5. The number of carbonyl (C=O) groups excluding carboxylic acids is 3. The minimum atomic E-state index is -0.206. The third kappa shape index (κ3) is 8.79. The molecule has 3 aromatic rings. The van der Waals surface area contributed by atoms with Crippen molar-refractivity contribution in [2.45, 2.75) is 13.8 Å². The van der Waals surface area contributed by atoms with E-state index >= 15 is 0 Å². The normalized spacial score (nSPS) is 8.97. The molecule has 0 spiro atoms. The van der Waals surface area contributed by atoms with Crippen LogP contribution in [0.25, 0.3) is 5.69 Å². The van der Waals surface area contributed by atoms with Gasteiger partial charge in [-0.25, -0.2) is 9.37 Å². The average Bonchev–Trinajstić information content (AvgIpc) is 3.28. The van der Waals surface area contributed by atoms with Crippen molar-refractivity contribution in [3.8, 4) is 11.4 Å². The number of imidazole rings is 1. The van der Waals surface area contributed by atoms with Crippen LogP contribution in [0.3, 0.4) is 0 Å². The van der Waals surface area contributed by atoms with Gasteiger partial charge < -0.3 is 24.2 Å². The summed E-state index contributed by atoms with van der Waals surface area (Å²) in [5, 5.41) is 3.19. The molecule has 0 saturated heterocycles. The molecule has 0 bridgehead atoms. The van der Waals surface area contributed by atoms with E-state index in [1.165, 1.54) is 6.07 Å². The zero-order valence-corrected chi connectivity index (χ0v) is 18.6. The highest BCUT2D eigenvalue weighted by Crippen LogP contribution is 2.18. The van der Waals surface area contributed by atoms with Gasteiger partial charge in [0.25, 0.3) is 5.91 Å².